The Balaban J connectivity index is 2.67. The second-order valence-corrected chi connectivity index (χ2v) is 4.20. The van der Waals surface area contributed by atoms with Crippen LogP contribution in [0.2, 0.25) is 0 Å². The fourth-order valence-electron chi connectivity index (χ4n) is 1.21. The minimum absolute atomic E-state index is 0.00605. The maximum absolute atomic E-state index is 11.8. The molecule has 1 amide bonds. The van der Waals surface area contributed by atoms with Crippen LogP contribution in [0.3, 0.4) is 0 Å². The van der Waals surface area contributed by atoms with Crippen molar-refractivity contribution in [2.75, 3.05) is 5.88 Å². The summed E-state index contributed by atoms with van der Waals surface area (Å²) in [5, 5.41) is 9.41. The number of aryl methyl sites for hydroxylation is 1. The molecule has 0 saturated heterocycles. The van der Waals surface area contributed by atoms with Gasteiger partial charge < -0.3 is 5.32 Å². The number of alkyl halides is 1. The summed E-state index contributed by atoms with van der Waals surface area (Å²) in [6.45, 7) is 5.86. The minimum Gasteiger partial charge on any atom is -0.348 e. The molecule has 0 aliphatic carbocycles. The molecule has 1 aromatic rings. The van der Waals surface area contributed by atoms with Gasteiger partial charge in [-0.25, -0.2) is 0 Å². The first-order chi connectivity index (χ1) is 7.06. The van der Waals surface area contributed by atoms with Crippen molar-refractivity contribution in [1.82, 2.24) is 15.5 Å². The Morgan fingerprint density at radius 3 is 2.73 bits per heavy atom. The summed E-state index contributed by atoms with van der Waals surface area (Å²) in [5.74, 6) is 0.611. The van der Waals surface area contributed by atoms with Crippen LogP contribution in [0.15, 0.2) is 6.20 Å². The first-order valence-corrected chi connectivity index (χ1v) is 5.46. The number of nitrogens with zero attached hydrogens (tertiary/aromatic N) is 1. The Labute approximate surface area is 94.4 Å². The number of rotatable bonds is 4. The zero-order valence-electron chi connectivity index (χ0n) is 9.17. The van der Waals surface area contributed by atoms with Crippen LogP contribution in [0.4, 0.5) is 0 Å². The highest BCUT2D eigenvalue weighted by Crippen LogP contribution is 2.07. The maximum atomic E-state index is 11.8. The van der Waals surface area contributed by atoms with Crippen molar-refractivity contribution in [2.45, 2.75) is 26.8 Å². The molecule has 2 N–H and O–H groups in total. The van der Waals surface area contributed by atoms with Gasteiger partial charge in [0.05, 0.1) is 11.8 Å². The average molecular weight is 230 g/mol. The number of carbonyl (C=O) groups excluding carboxylic acids is 1. The predicted molar refractivity (Wildman–Crippen MR) is 60.1 cm³/mol. The standard InChI is InChI=1S/C10H16ClN3O/c1-6(2)9(4-11)13-10(15)8-5-12-14-7(8)3/h5-6,9H,4H2,1-3H3,(H,12,14)(H,13,15). The lowest BCUT2D eigenvalue weighted by Crippen LogP contribution is -2.39. The quantitative estimate of drug-likeness (QED) is 0.773. The average Bonchev–Trinajstić information content (AvgIpc) is 2.60. The van der Waals surface area contributed by atoms with Gasteiger partial charge in [-0.2, -0.15) is 5.10 Å². The van der Waals surface area contributed by atoms with E-state index in [9.17, 15) is 4.79 Å². The number of nitrogens with one attached hydrogen (secondary N) is 2. The molecule has 0 spiro atoms. The third-order valence-corrected chi connectivity index (χ3v) is 2.69. The molecule has 1 heterocycles. The fourth-order valence-corrected chi connectivity index (χ4v) is 1.64. The summed E-state index contributed by atoms with van der Waals surface area (Å²) in [5.41, 5.74) is 1.34. The van der Waals surface area contributed by atoms with Gasteiger partial charge in [-0.15, -0.1) is 11.6 Å². The number of hydrogen-bond acceptors (Lipinski definition) is 2. The molecule has 1 atom stereocenters. The smallest absolute Gasteiger partial charge is 0.255 e. The van der Waals surface area contributed by atoms with E-state index in [1.54, 1.807) is 0 Å². The van der Waals surface area contributed by atoms with Crippen molar-refractivity contribution in [3.05, 3.63) is 17.5 Å². The number of carbonyl (C=O) groups is 1. The third-order valence-electron chi connectivity index (χ3n) is 2.36. The minimum atomic E-state index is -0.124. The Kier molecular flexibility index (Phi) is 4.15. The number of aromatic amines is 1. The highest BCUT2D eigenvalue weighted by atomic mass is 35.5. The van der Waals surface area contributed by atoms with Gasteiger partial charge in [0.25, 0.3) is 5.91 Å². The van der Waals surface area contributed by atoms with Crippen molar-refractivity contribution in [1.29, 1.82) is 0 Å². The lowest BCUT2D eigenvalue weighted by Gasteiger charge is -2.19. The molecule has 0 bridgehead atoms. The van der Waals surface area contributed by atoms with Crippen molar-refractivity contribution in [3.8, 4) is 0 Å². The van der Waals surface area contributed by atoms with E-state index >= 15 is 0 Å². The van der Waals surface area contributed by atoms with Crippen molar-refractivity contribution in [3.63, 3.8) is 0 Å². The van der Waals surface area contributed by atoms with Gasteiger partial charge in [-0.05, 0) is 12.8 Å². The largest absolute Gasteiger partial charge is 0.348 e. The normalized spacial score (nSPS) is 12.9. The molecule has 0 fully saturated rings. The van der Waals surface area contributed by atoms with Gasteiger partial charge in [-0.3, -0.25) is 9.89 Å². The Morgan fingerprint density at radius 2 is 2.33 bits per heavy atom. The molecule has 1 rings (SSSR count). The van der Waals surface area contributed by atoms with E-state index < -0.39 is 0 Å². The summed E-state index contributed by atoms with van der Waals surface area (Å²) in [6.07, 6.45) is 1.52. The Bertz CT molecular complexity index is 335. The molecule has 0 radical (unpaired) electrons. The zero-order valence-corrected chi connectivity index (χ0v) is 9.93. The molecule has 4 nitrogen and oxygen atoms in total. The van der Waals surface area contributed by atoms with Crippen LogP contribution in [0.1, 0.15) is 29.9 Å². The van der Waals surface area contributed by atoms with E-state index in [2.05, 4.69) is 15.5 Å². The van der Waals surface area contributed by atoms with Crippen molar-refractivity contribution in [2.24, 2.45) is 5.92 Å². The van der Waals surface area contributed by atoms with E-state index in [1.807, 2.05) is 20.8 Å². The molecule has 0 saturated carbocycles. The molecule has 5 heteroatoms. The first kappa shape index (κ1) is 12.0. The van der Waals surface area contributed by atoms with Crippen LogP contribution in [-0.2, 0) is 0 Å². The van der Waals surface area contributed by atoms with Crippen LogP contribution in [-0.4, -0.2) is 28.0 Å². The maximum Gasteiger partial charge on any atom is 0.255 e. The second kappa shape index (κ2) is 5.16. The van der Waals surface area contributed by atoms with Crippen molar-refractivity contribution >= 4 is 17.5 Å². The second-order valence-electron chi connectivity index (χ2n) is 3.89. The van der Waals surface area contributed by atoms with Gasteiger partial charge in [0.15, 0.2) is 0 Å². The number of H-pyrrole nitrogens is 1. The predicted octanol–water partition coefficient (Wildman–Crippen LogP) is 1.71. The molecule has 15 heavy (non-hydrogen) atoms. The molecule has 0 aliphatic heterocycles. The van der Waals surface area contributed by atoms with Gasteiger partial charge in [0, 0.05) is 17.6 Å². The van der Waals surface area contributed by atoms with E-state index in [4.69, 9.17) is 11.6 Å². The lowest BCUT2D eigenvalue weighted by atomic mass is 10.1. The Hall–Kier alpha value is -1.03. The van der Waals surface area contributed by atoms with Gasteiger partial charge in [0.2, 0.25) is 0 Å². The Morgan fingerprint density at radius 1 is 1.67 bits per heavy atom. The zero-order chi connectivity index (χ0) is 11.4. The summed E-state index contributed by atoms with van der Waals surface area (Å²) >= 11 is 5.77. The first-order valence-electron chi connectivity index (χ1n) is 4.93. The van der Waals surface area contributed by atoms with Gasteiger partial charge in [0.1, 0.15) is 0 Å². The third kappa shape index (κ3) is 2.96. The molecule has 1 unspecified atom stereocenters. The van der Waals surface area contributed by atoms with E-state index in [1.165, 1.54) is 6.20 Å². The van der Waals surface area contributed by atoms with E-state index in [0.29, 0.717) is 17.4 Å². The van der Waals surface area contributed by atoms with Crippen LogP contribution < -0.4 is 5.32 Å². The van der Waals surface area contributed by atoms with Crippen molar-refractivity contribution < 1.29 is 4.79 Å². The van der Waals surface area contributed by atoms with Crippen LogP contribution in [0.25, 0.3) is 0 Å². The van der Waals surface area contributed by atoms with Crippen LogP contribution >= 0.6 is 11.6 Å². The van der Waals surface area contributed by atoms with Gasteiger partial charge in [-0.1, -0.05) is 13.8 Å². The number of aromatic nitrogens is 2. The molecular formula is C10H16ClN3O. The van der Waals surface area contributed by atoms with E-state index in [-0.39, 0.29) is 11.9 Å². The topological polar surface area (TPSA) is 57.8 Å². The molecular weight excluding hydrogens is 214 g/mol. The molecule has 0 aliphatic rings. The fraction of sp³-hybridized carbons (Fsp3) is 0.600. The van der Waals surface area contributed by atoms with Gasteiger partial charge >= 0.3 is 0 Å². The van der Waals surface area contributed by atoms with E-state index in [0.717, 1.165) is 5.69 Å². The number of amides is 1. The van der Waals surface area contributed by atoms with Crippen LogP contribution in [0, 0.1) is 12.8 Å². The number of halogens is 1. The monoisotopic (exact) mass is 229 g/mol. The molecule has 1 aromatic heterocycles. The number of hydrogen-bond donors (Lipinski definition) is 2. The summed E-state index contributed by atoms with van der Waals surface area (Å²) in [7, 11) is 0. The highest BCUT2D eigenvalue weighted by Gasteiger charge is 2.17. The summed E-state index contributed by atoms with van der Waals surface area (Å²) in [4.78, 5) is 11.8. The SMILES string of the molecule is Cc1[nH]ncc1C(=O)NC(CCl)C(C)C. The highest BCUT2D eigenvalue weighted by molar-refractivity contribution is 6.18. The van der Waals surface area contributed by atoms with Crippen LogP contribution in [0.5, 0.6) is 0 Å². The molecule has 0 aromatic carbocycles. The summed E-state index contributed by atoms with van der Waals surface area (Å²) < 4.78 is 0. The summed E-state index contributed by atoms with van der Waals surface area (Å²) in [6, 6.07) is -0.00605. The molecule has 84 valence electrons. The lowest BCUT2D eigenvalue weighted by molar-refractivity contribution is 0.0930.